The van der Waals surface area contributed by atoms with Gasteiger partial charge in [-0.1, -0.05) is 12.8 Å². The zero-order valence-electron chi connectivity index (χ0n) is 9.53. The first-order valence-corrected chi connectivity index (χ1v) is 6.36. The summed E-state index contributed by atoms with van der Waals surface area (Å²) in [5.41, 5.74) is 0. The van der Waals surface area contributed by atoms with Gasteiger partial charge in [0.2, 0.25) is 0 Å². The highest BCUT2D eigenvalue weighted by Crippen LogP contribution is 2.23. The number of nitrogens with zero attached hydrogens (tertiary/aromatic N) is 1. The quantitative estimate of drug-likeness (QED) is 0.752. The molecule has 3 nitrogen and oxygen atoms in total. The third-order valence-electron chi connectivity index (χ3n) is 3.79. The minimum Gasteiger partial charge on any atom is -0.395 e. The summed E-state index contributed by atoms with van der Waals surface area (Å²) in [6.07, 6.45) is 7.38. The molecule has 1 N–H and O–H groups in total. The Hall–Kier alpha value is -0.120. The van der Waals surface area contributed by atoms with Crippen molar-refractivity contribution in [2.75, 3.05) is 26.4 Å². The van der Waals surface area contributed by atoms with E-state index in [2.05, 4.69) is 4.90 Å². The molecule has 88 valence electrons. The van der Waals surface area contributed by atoms with Gasteiger partial charge < -0.3 is 9.84 Å². The molecule has 2 aliphatic rings. The Morgan fingerprint density at radius 2 is 1.87 bits per heavy atom. The summed E-state index contributed by atoms with van der Waals surface area (Å²) < 4.78 is 5.40. The monoisotopic (exact) mass is 213 g/mol. The minimum atomic E-state index is 0.331. The number of aliphatic hydroxyl groups excluding tert-OH is 1. The van der Waals surface area contributed by atoms with Crippen molar-refractivity contribution in [3.05, 3.63) is 0 Å². The fourth-order valence-corrected chi connectivity index (χ4v) is 2.89. The largest absolute Gasteiger partial charge is 0.395 e. The first-order valence-electron chi connectivity index (χ1n) is 6.36. The van der Waals surface area contributed by atoms with E-state index in [1.807, 2.05) is 0 Å². The lowest BCUT2D eigenvalue weighted by atomic mass is 10.0. The van der Waals surface area contributed by atoms with Crippen molar-refractivity contribution in [3.63, 3.8) is 0 Å². The van der Waals surface area contributed by atoms with Crippen LogP contribution in [-0.4, -0.2) is 48.5 Å². The molecule has 0 saturated carbocycles. The normalized spacial score (nSPS) is 31.4. The van der Waals surface area contributed by atoms with E-state index >= 15 is 0 Å². The van der Waals surface area contributed by atoms with E-state index in [1.165, 1.54) is 32.2 Å². The Labute approximate surface area is 92.4 Å². The van der Waals surface area contributed by atoms with Gasteiger partial charge >= 0.3 is 0 Å². The van der Waals surface area contributed by atoms with Gasteiger partial charge in [-0.3, -0.25) is 4.90 Å². The van der Waals surface area contributed by atoms with Crippen molar-refractivity contribution in [2.24, 2.45) is 0 Å². The van der Waals surface area contributed by atoms with Crippen molar-refractivity contribution in [2.45, 2.75) is 50.6 Å². The predicted octanol–water partition coefficient (Wildman–Crippen LogP) is 1.40. The number of hydrogen-bond donors (Lipinski definition) is 1. The van der Waals surface area contributed by atoms with Gasteiger partial charge in [-0.15, -0.1) is 0 Å². The molecule has 1 atom stereocenters. The maximum Gasteiger partial charge on any atom is 0.0586 e. The van der Waals surface area contributed by atoms with Crippen molar-refractivity contribution in [1.29, 1.82) is 0 Å². The minimum absolute atomic E-state index is 0.331. The molecule has 0 radical (unpaired) electrons. The molecule has 15 heavy (non-hydrogen) atoms. The number of aliphatic hydroxyl groups is 1. The van der Waals surface area contributed by atoms with Crippen LogP contribution < -0.4 is 0 Å². The molecule has 2 fully saturated rings. The average Bonchev–Trinajstić information content (AvgIpc) is 2.55. The third kappa shape index (κ3) is 2.92. The zero-order valence-corrected chi connectivity index (χ0v) is 9.53. The van der Waals surface area contributed by atoms with Crippen molar-refractivity contribution in [3.8, 4) is 0 Å². The predicted molar refractivity (Wildman–Crippen MR) is 59.9 cm³/mol. The zero-order chi connectivity index (χ0) is 10.5. The Morgan fingerprint density at radius 1 is 1.07 bits per heavy atom. The van der Waals surface area contributed by atoms with Crippen molar-refractivity contribution in [1.82, 2.24) is 4.90 Å². The number of likely N-dealkylation sites (tertiary alicyclic amines) is 1. The second-order valence-electron chi connectivity index (χ2n) is 4.77. The third-order valence-corrected chi connectivity index (χ3v) is 3.79. The van der Waals surface area contributed by atoms with Gasteiger partial charge in [-0.05, 0) is 32.2 Å². The van der Waals surface area contributed by atoms with Crippen LogP contribution in [-0.2, 0) is 4.74 Å². The van der Waals surface area contributed by atoms with Crippen LogP contribution in [0.2, 0.25) is 0 Å². The van der Waals surface area contributed by atoms with Gasteiger partial charge in [-0.25, -0.2) is 0 Å². The molecule has 2 heterocycles. The molecule has 0 bridgehead atoms. The Balaban J connectivity index is 1.95. The Morgan fingerprint density at radius 3 is 2.60 bits per heavy atom. The second-order valence-corrected chi connectivity index (χ2v) is 4.77. The van der Waals surface area contributed by atoms with Crippen molar-refractivity contribution < 1.29 is 9.84 Å². The molecule has 0 amide bonds. The van der Waals surface area contributed by atoms with Crippen LogP contribution in [0, 0.1) is 0 Å². The van der Waals surface area contributed by atoms with E-state index in [9.17, 15) is 5.11 Å². The summed E-state index contributed by atoms with van der Waals surface area (Å²) in [7, 11) is 0. The molecule has 0 aliphatic carbocycles. The smallest absolute Gasteiger partial charge is 0.0586 e. The van der Waals surface area contributed by atoms with Gasteiger partial charge in [0.05, 0.1) is 6.61 Å². The lowest BCUT2D eigenvalue weighted by molar-refractivity contribution is 0.00558. The molecule has 2 saturated heterocycles. The Kier molecular flexibility index (Phi) is 4.42. The summed E-state index contributed by atoms with van der Waals surface area (Å²) in [4.78, 5) is 2.55. The van der Waals surface area contributed by atoms with E-state index in [-0.39, 0.29) is 0 Å². The number of ether oxygens (including phenoxy) is 1. The van der Waals surface area contributed by atoms with E-state index in [0.29, 0.717) is 18.7 Å². The maximum atomic E-state index is 9.44. The molecule has 3 heteroatoms. The van der Waals surface area contributed by atoms with E-state index in [0.717, 1.165) is 26.1 Å². The van der Waals surface area contributed by atoms with Crippen LogP contribution in [0.15, 0.2) is 0 Å². The molecule has 0 spiro atoms. The summed E-state index contributed by atoms with van der Waals surface area (Å²) in [5, 5.41) is 9.44. The van der Waals surface area contributed by atoms with Gasteiger partial charge in [0.15, 0.2) is 0 Å². The summed E-state index contributed by atoms with van der Waals surface area (Å²) in [5.74, 6) is 0. The fourth-order valence-electron chi connectivity index (χ4n) is 2.89. The van der Waals surface area contributed by atoms with E-state index < -0.39 is 0 Å². The summed E-state index contributed by atoms with van der Waals surface area (Å²) in [6.45, 7) is 3.31. The van der Waals surface area contributed by atoms with Crippen LogP contribution >= 0.6 is 0 Å². The first kappa shape index (κ1) is 11.4. The summed E-state index contributed by atoms with van der Waals surface area (Å²) in [6, 6.07) is 1.07. The van der Waals surface area contributed by atoms with Crippen LogP contribution in [0.1, 0.15) is 38.5 Å². The molecular weight excluding hydrogens is 190 g/mol. The Bertz CT molecular complexity index is 180. The highest BCUT2D eigenvalue weighted by Gasteiger charge is 2.28. The number of hydrogen-bond acceptors (Lipinski definition) is 3. The van der Waals surface area contributed by atoms with Gasteiger partial charge in [0.25, 0.3) is 0 Å². The maximum absolute atomic E-state index is 9.44. The molecule has 2 aliphatic heterocycles. The van der Waals surface area contributed by atoms with Gasteiger partial charge in [-0.2, -0.15) is 0 Å². The second kappa shape index (κ2) is 5.83. The SMILES string of the molecule is OCC1CCCCCN1C1CCOCC1. The fraction of sp³-hybridized carbons (Fsp3) is 1.00. The molecule has 0 aromatic heterocycles. The first-order chi connectivity index (χ1) is 7.42. The highest BCUT2D eigenvalue weighted by molar-refractivity contribution is 4.82. The van der Waals surface area contributed by atoms with Crippen LogP contribution in [0.5, 0.6) is 0 Å². The lowest BCUT2D eigenvalue weighted by Gasteiger charge is -2.38. The van der Waals surface area contributed by atoms with E-state index in [1.54, 1.807) is 0 Å². The lowest BCUT2D eigenvalue weighted by Crippen LogP contribution is -2.47. The van der Waals surface area contributed by atoms with Crippen LogP contribution in [0.4, 0.5) is 0 Å². The van der Waals surface area contributed by atoms with Crippen LogP contribution in [0.3, 0.4) is 0 Å². The van der Waals surface area contributed by atoms with Gasteiger partial charge in [0, 0.05) is 25.3 Å². The number of rotatable bonds is 2. The van der Waals surface area contributed by atoms with Crippen LogP contribution in [0.25, 0.3) is 0 Å². The topological polar surface area (TPSA) is 32.7 Å². The molecule has 0 aromatic rings. The molecule has 2 rings (SSSR count). The summed E-state index contributed by atoms with van der Waals surface area (Å²) >= 11 is 0. The molecule has 0 aromatic carbocycles. The highest BCUT2D eigenvalue weighted by atomic mass is 16.5. The van der Waals surface area contributed by atoms with E-state index in [4.69, 9.17) is 4.74 Å². The van der Waals surface area contributed by atoms with Gasteiger partial charge in [0.1, 0.15) is 0 Å². The molecule has 1 unspecified atom stereocenters. The average molecular weight is 213 g/mol. The standard InChI is InChI=1S/C12H23NO2/c14-10-12-4-2-1-3-7-13(12)11-5-8-15-9-6-11/h11-12,14H,1-10H2. The molecular formula is C12H23NO2. The van der Waals surface area contributed by atoms with Crippen molar-refractivity contribution >= 4 is 0 Å².